The van der Waals surface area contributed by atoms with Gasteiger partial charge in [-0.1, -0.05) is 55.5 Å². The number of aliphatic hydroxyl groups is 1. The van der Waals surface area contributed by atoms with Gasteiger partial charge in [0.05, 0.1) is 11.3 Å². The van der Waals surface area contributed by atoms with E-state index in [1.807, 2.05) is 60.7 Å². The van der Waals surface area contributed by atoms with Gasteiger partial charge in [-0.2, -0.15) is 0 Å². The second-order valence-electron chi connectivity index (χ2n) is 7.52. The molecule has 2 heterocycles. The molecule has 5 heteroatoms. The maximum atomic E-state index is 13.2. The van der Waals surface area contributed by atoms with Crippen molar-refractivity contribution >= 4 is 17.4 Å². The van der Waals surface area contributed by atoms with Gasteiger partial charge < -0.3 is 5.11 Å². The molecule has 1 aromatic heterocycles. The summed E-state index contributed by atoms with van der Waals surface area (Å²) in [5.74, 6) is -1.32. The molecule has 0 spiro atoms. The Hall–Kier alpha value is -3.73. The lowest BCUT2D eigenvalue weighted by Crippen LogP contribution is -2.31. The summed E-state index contributed by atoms with van der Waals surface area (Å²) in [6.45, 7) is 2.06. The third-order valence-electron chi connectivity index (χ3n) is 5.58. The number of hydrogen-bond donors (Lipinski definition) is 1. The lowest BCUT2D eigenvalue weighted by molar-refractivity contribution is -0.118. The number of benzene rings is 2. The number of hydrogen-bond acceptors (Lipinski definition) is 4. The molecule has 0 aliphatic carbocycles. The monoisotopic (exact) mass is 412 g/mol. The van der Waals surface area contributed by atoms with E-state index < -0.39 is 17.7 Å². The number of aromatic nitrogens is 1. The number of amides is 1. The lowest BCUT2D eigenvalue weighted by atomic mass is 9.95. The van der Waals surface area contributed by atoms with Crippen molar-refractivity contribution in [3.05, 3.63) is 107 Å². The summed E-state index contributed by atoms with van der Waals surface area (Å²) in [7, 11) is 0. The third-order valence-corrected chi connectivity index (χ3v) is 5.58. The van der Waals surface area contributed by atoms with Crippen LogP contribution in [0.5, 0.6) is 0 Å². The van der Waals surface area contributed by atoms with Crippen LogP contribution in [0.2, 0.25) is 0 Å². The van der Waals surface area contributed by atoms with E-state index in [-0.39, 0.29) is 17.8 Å². The molecule has 1 aliphatic heterocycles. The molecule has 1 unspecified atom stereocenters. The number of aliphatic hydroxyl groups excluding tert-OH is 1. The zero-order valence-electron chi connectivity index (χ0n) is 17.4. The van der Waals surface area contributed by atoms with Crippen molar-refractivity contribution < 1.29 is 14.7 Å². The molecule has 1 aliphatic rings. The van der Waals surface area contributed by atoms with E-state index in [1.54, 1.807) is 18.3 Å². The standard InChI is InChI=1S/C26H24N2O3/c1-2-18-11-14-20(15-12-18)28-24(21-10-6-7-17-27-21)23(25(30)26(28)31)22(29)16-13-19-8-4-3-5-9-19/h3-12,14-15,17,24,30H,2,13,16H2,1H3. The number of rotatable bonds is 7. The average Bonchev–Trinajstić information content (AvgIpc) is 3.09. The van der Waals surface area contributed by atoms with Gasteiger partial charge in [0.25, 0.3) is 5.91 Å². The predicted molar refractivity (Wildman–Crippen MR) is 120 cm³/mol. The number of carbonyl (C=O) groups excluding carboxylic acids is 2. The highest BCUT2D eigenvalue weighted by atomic mass is 16.3. The van der Waals surface area contributed by atoms with E-state index >= 15 is 0 Å². The molecule has 1 N–H and O–H groups in total. The second-order valence-corrected chi connectivity index (χ2v) is 7.52. The molecule has 1 atom stereocenters. The van der Waals surface area contributed by atoms with Crippen molar-refractivity contribution in [1.29, 1.82) is 0 Å². The first-order chi connectivity index (χ1) is 15.1. The fourth-order valence-corrected chi connectivity index (χ4v) is 3.90. The summed E-state index contributed by atoms with van der Waals surface area (Å²) < 4.78 is 0. The fourth-order valence-electron chi connectivity index (χ4n) is 3.90. The van der Waals surface area contributed by atoms with E-state index in [0.717, 1.165) is 17.5 Å². The van der Waals surface area contributed by atoms with Crippen molar-refractivity contribution in [3.8, 4) is 0 Å². The number of pyridine rings is 1. The van der Waals surface area contributed by atoms with Gasteiger partial charge in [0.1, 0.15) is 6.04 Å². The Morgan fingerprint density at radius 1 is 0.968 bits per heavy atom. The van der Waals surface area contributed by atoms with E-state index in [4.69, 9.17) is 0 Å². The summed E-state index contributed by atoms with van der Waals surface area (Å²) in [6.07, 6.45) is 3.23. The van der Waals surface area contributed by atoms with Crippen molar-refractivity contribution in [1.82, 2.24) is 4.98 Å². The smallest absolute Gasteiger partial charge is 0.294 e. The third kappa shape index (κ3) is 4.12. The van der Waals surface area contributed by atoms with Gasteiger partial charge in [-0.15, -0.1) is 0 Å². The van der Waals surface area contributed by atoms with E-state index in [9.17, 15) is 14.7 Å². The Kier molecular flexibility index (Phi) is 5.94. The van der Waals surface area contributed by atoms with Crippen LogP contribution in [-0.2, 0) is 22.4 Å². The SMILES string of the molecule is CCc1ccc(N2C(=O)C(O)=C(C(=O)CCc3ccccc3)C2c2ccccn2)cc1. The number of ketones is 1. The molecule has 3 aromatic rings. The summed E-state index contributed by atoms with van der Waals surface area (Å²) in [4.78, 5) is 32.1. The second kappa shape index (κ2) is 8.96. The van der Waals surface area contributed by atoms with Crippen molar-refractivity contribution in [2.45, 2.75) is 32.2 Å². The Balaban J connectivity index is 1.70. The lowest BCUT2D eigenvalue weighted by Gasteiger charge is -2.26. The van der Waals surface area contributed by atoms with Gasteiger partial charge in [-0.25, -0.2) is 0 Å². The van der Waals surface area contributed by atoms with Crippen LogP contribution in [0.3, 0.4) is 0 Å². The molecule has 2 aromatic carbocycles. The molecular formula is C26H24N2O3. The Morgan fingerprint density at radius 2 is 1.68 bits per heavy atom. The quantitative estimate of drug-likeness (QED) is 0.608. The molecule has 0 fully saturated rings. The minimum atomic E-state index is -0.760. The van der Waals surface area contributed by atoms with Crippen LogP contribution in [0.15, 0.2) is 90.3 Å². The Morgan fingerprint density at radius 3 is 2.32 bits per heavy atom. The molecular weight excluding hydrogens is 388 g/mol. The van der Waals surface area contributed by atoms with E-state index in [0.29, 0.717) is 17.8 Å². The minimum Gasteiger partial charge on any atom is -0.503 e. The fraction of sp³-hybridized carbons (Fsp3) is 0.192. The minimum absolute atomic E-state index is 0.110. The summed E-state index contributed by atoms with van der Waals surface area (Å²) in [6, 6.07) is 21.9. The van der Waals surface area contributed by atoms with Gasteiger partial charge in [-0.05, 0) is 48.2 Å². The number of carbonyl (C=O) groups is 2. The molecule has 0 saturated carbocycles. The number of aryl methyl sites for hydroxylation is 2. The maximum Gasteiger partial charge on any atom is 0.294 e. The van der Waals surface area contributed by atoms with Gasteiger partial charge in [0.2, 0.25) is 0 Å². The average molecular weight is 412 g/mol. The number of anilines is 1. The van der Waals surface area contributed by atoms with Crippen LogP contribution in [0.4, 0.5) is 5.69 Å². The largest absolute Gasteiger partial charge is 0.503 e. The molecule has 0 saturated heterocycles. The number of nitrogens with zero attached hydrogens (tertiary/aromatic N) is 2. The van der Waals surface area contributed by atoms with Crippen LogP contribution in [0.1, 0.15) is 36.2 Å². The van der Waals surface area contributed by atoms with Gasteiger partial charge in [-0.3, -0.25) is 19.5 Å². The molecule has 4 rings (SSSR count). The first kappa shape index (κ1) is 20.5. The summed E-state index contributed by atoms with van der Waals surface area (Å²) >= 11 is 0. The number of Topliss-reactive ketones (excluding diaryl/α,β-unsaturated/α-hetero) is 1. The molecule has 1 amide bonds. The normalized spacial score (nSPS) is 16.1. The Bertz CT molecular complexity index is 1110. The maximum absolute atomic E-state index is 13.2. The van der Waals surface area contributed by atoms with Gasteiger partial charge in [0, 0.05) is 18.3 Å². The predicted octanol–water partition coefficient (Wildman–Crippen LogP) is 4.75. The van der Waals surface area contributed by atoms with Crippen LogP contribution in [-0.4, -0.2) is 21.8 Å². The van der Waals surface area contributed by atoms with Crippen LogP contribution < -0.4 is 4.90 Å². The highest BCUT2D eigenvalue weighted by molar-refractivity contribution is 6.16. The zero-order chi connectivity index (χ0) is 21.8. The first-order valence-electron chi connectivity index (χ1n) is 10.4. The molecule has 31 heavy (non-hydrogen) atoms. The topological polar surface area (TPSA) is 70.5 Å². The molecule has 5 nitrogen and oxygen atoms in total. The van der Waals surface area contributed by atoms with Crippen LogP contribution in [0, 0.1) is 0 Å². The van der Waals surface area contributed by atoms with Gasteiger partial charge in [0.15, 0.2) is 11.5 Å². The zero-order valence-corrected chi connectivity index (χ0v) is 17.4. The molecule has 0 bridgehead atoms. The van der Waals surface area contributed by atoms with Crippen LogP contribution in [0.25, 0.3) is 0 Å². The van der Waals surface area contributed by atoms with E-state index in [1.165, 1.54) is 4.90 Å². The highest BCUT2D eigenvalue weighted by Gasteiger charge is 2.44. The molecule has 0 radical (unpaired) electrons. The van der Waals surface area contributed by atoms with Crippen molar-refractivity contribution in [2.24, 2.45) is 0 Å². The van der Waals surface area contributed by atoms with E-state index in [2.05, 4.69) is 11.9 Å². The van der Waals surface area contributed by atoms with Crippen LogP contribution >= 0.6 is 0 Å². The summed E-state index contributed by atoms with van der Waals surface area (Å²) in [5.41, 5.74) is 3.44. The van der Waals surface area contributed by atoms with Gasteiger partial charge >= 0.3 is 0 Å². The van der Waals surface area contributed by atoms with Crippen molar-refractivity contribution in [3.63, 3.8) is 0 Å². The summed E-state index contributed by atoms with van der Waals surface area (Å²) in [5, 5.41) is 10.7. The Labute approximate surface area is 181 Å². The first-order valence-corrected chi connectivity index (χ1v) is 10.4. The molecule has 156 valence electrons. The van der Waals surface area contributed by atoms with Crippen molar-refractivity contribution in [2.75, 3.05) is 4.90 Å². The highest BCUT2D eigenvalue weighted by Crippen LogP contribution is 2.40.